The van der Waals surface area contributed by atoms with Crippen molar-refractivity contribution in [1.82, 2.24) is 15.6 Å². The number of aryl methyl sites for hydroxylation is 2. The second-order valence-electron chi connectivity index (χ2n) is 3.83. The molecule has 0 saturated heterocycles. The largest absolute Gasteiger partial charge is 0.352 e. The number of guanidine groups is 1. The summed E-state index contributed by atoms with van der Waals surface area (Å²) in [6, 6.07) is 0.455. The highest BCUT2D eigenvalue weighted by molar-refractivity contribution is 14.0. The lowest BCUT2D eigenvalue weighted by molar-refractivity contribution is 0.713. The van der Waals surface area contributed by atoms with E-state index < -0.39 is 0 Å². The predicted molar refractivity (Wildman–Crippen MR) is 78.7 cm³/mol. The maximum absolute atomic E-state index is 4.39. The van der Waals surface area contributed by atoms with Crippen molar-refractivity contribution >= 4 is 41.3 Å². The van der Waals surface area contributed by atoms with Gasteiger partial charge in [-0.3, -0.25) is 4.99 Å². The van der Waals surface area contributed by atoms with Gasteiger partial charge < -0.3 is 10.6 Å². The van der Waals surface area contributed by atoms with Crippen LogP contribution in [0.2, 0.25) is 0 Å². The van der Waals surface area contributed by atoms with Crippen molar-refractivity contribution in [3.63, 3.8) is 0 Å². The number of nitrogens with one attached hydrogen (secondary N) is 2. The fourth-order valence-corrected chi connectivity index (χ4v) is 2.44. The average molecular weight is 352 g/mol. The van der Waals surface area contributed by atoms with Crippen LogP contribution in [-0.4, -0.2) is 23.5 Å². The second kappa shape index (κ2) is 5.81. The first-order valence-corrected chi connectivity index (χ1v) is 5.94. The van der Waals surface area contributed by atoms with E-state index in [0.717, 1.165) is 29.8 Å². The minimum absolute atomic E-state index is 0. The molecule has 0 bridgehead atoms. The first-order chi connectivity index (χ1) is 7.15. The Balaban J connectivity index is 0.00000128. The normalized spacial score (nSPS) is 18.7. The Morgan fingerprint density at radius 2 is 2.25 bits per heavy atom. The van der Waals surface area contributed by atoms with Crippen LogP contribution in [-0.2, 0) is 6.54 Å². The van der Waals surface area contributed by atoms with Gasteiger partial charge in [-0.15, -0.1) is 35.3 Å². The number of thiazole rings is 1. The second-order valence-corrected chi connectivity index (χ2v) is 5.12. The summed E-state index contributed by atoms with van der Waals surface area (Å²) in [5.74, 6) is 0.910. The van der Waals surface area contributed by atoms with E-state index in [1.807, 2.05) is 13.8 Å². The average Bonchev–Trinajstić information content (AvgIpc) is 2.70. The Bertz CT molecular complexity index is 388. The molecule has 2 heterocycles. The molecule has 1 atom stereocenters. The van der Waals surface area contributed by atoms with Gasteiger partial charge in [0.2, 0.25) is 0 Å². The standard InChI is InChI=1S/C10H16N4S.HI/c1-6-4-11-10(13-6)12-5-9-7(2)14-8(3)15-9;/h6H,4-5H2,1-3H3,(H2,11,12,13);1H. The van der Waals surface area contributed by atoms with E-state index in [1.54, 1.807) is 11.3 Å². The summed E-state index contributed by atoms with van der Waals surface area (Å²) in [4.78, 5) is 10.0. The molecule has 0 aliphatic carbocycles. The fourth-order valence-electron chi connectivity index (χ4n) is 1.56. The van der Waals surface area contributed by atoms with E-state index in [0.29, 0.717) is 6.04 Å². The van der Waals surface area contributed by atoms with Crippen molar-refractivity contribution in [1.29, 1.82) is 0 Å². The molecule has 0 aromatic carbocycles. The molecule has 16 heavy (non-hydrogen) atoms. The van der Waals surface area contributed by atoms with Crippen molar-refractivity contribution < 1.29 is 0 Å². The van der Waals surface area contributed by atoms with Crippen molar-refractivity contribution in [3.05, 3.63) is 15.6 Å². The highest BCUT2D eigenvalue weighted by atomic mass is 127. The lowest BCUT2D eigenvalue weighted by Gasteiger charge is -2.07. The summed E-state index contributed by atoms with van der Waals surface area (Å²) in [5.41, 5.74) is 1.12. The molecule has 0 spiro atoms. The van der Waals surface area contributed by atoms with Gasteiger partial charge in [-0.05, 0) is 20.8 Å². The number of aliphatic imine (C=N–C) groups is 1. The molecule has 6 heteroatoms. The molecule has 1 aliphatic heterocycles. The third-order valence-electron chi connectivity index (χ3n) is 2.32. The Labute approximate surface area is 117 Å². The van der Waals surface area contributed by atoms with Crippen LogP contribution in [0.1, 0.15) is 22.5 Å². The van der Waals surface area contributed by atoms with Gasteiger partial charge in [0.15, 0.2) is 5.96 Å². The molecule has 0 amide bonds. The zero-order chi connectivity index (χ0) is 10.8. The summed E-state index contributed by atoms with van der Waals surface area (Å²) in [6.07, 6.45) is 0. The van der Waals surface area contributed by atoms with Crippen LogP contribution in [0.15, 0.2) is 4.99 Å². The zero-order valence-electron chi connectivity index (χ0n) is 9.70. The molecule has 2 N–H and O–H groups in total. The third-order valence-corrected chi connectivity index (χ3v) is 3.40. The van der Waals surface area contributed by atoms with Crippen LogP contribution < -0.4 is 10.6 Å². The lowest BCUT2D eigenvalue weighted by atomic mass is 10.4. The van der Waals surface area contributed by atoms with E-state index >= 15 is 0 Å². The van der Waals surface area contributed by atoms with Crippen LogP contribution in [0.25, 0.3) is 0 Å². The van der Waals surface area contributed by atoms with E-state index in [-0.39, 0.29) is 24.0 Å². The highest BCUT2D eigenvalue weighted by Gasteiger charge is 2.12. The molecule has 0 fully saturated rings. The van der Waals surface area contributed by atoms with Gasteiger partial charge in [-0.25, -0.2) is 4.98 Å². The molecule has 0 saturated carbocycles. The van der Waals surface area contributed by atoms with E-state index in [2.05, 4.69) is 27.5 Å². The summed E-state index contributed by atoms with van der Waals surface area (Å²) < 4.78 is 0. The predicted octanol–water partition coefficient (Wildman–Crippen LogP) is 1.82. The van der Waals surface area contributed by atoms with Gasteiger partial charge in [0, 0.05) is 10.9 Å². The molecule has 1 unspecified atom stereocenters. The maximum atomic E-state index is 4.39. The minimum Gasteiger partial charge on any atom is -0.352 e. The van der Waals surface area contributed by atoms with Gasteiger partial charge in [-0.2, -0.15) is 0 Å². The topological polar surface area (TPSA) is 49.3 Å². The zero-order valence-corrected chi connectivity index (χ0v) is 12.8. The number of aromatic nitrogens is 1. The smallest absolute Gasteiger partial charge is 0.191 e. The van der Waals surface area contributed by atoms with Crippen molar-refractivity contribution in [2.75, 3.05) is 6.54 Å². The van der Waals surface area contributed by atoms with Crippen LogP contribution >= 0.6 is 35.3 Å². The molecule has 90 valence electrons. The van der Waals surface area contributed by atoms with E-state index in [9.17, 15) is 0 Å². The number of nitrogens with zero attached hydrogens (tertiary/aromatic N) is 2. The summed E-state index contributed by atoms with van der Waals surface area (Å²) in [7, 11) is 0. The van der Waals surface area contributed by atoms with Gasteiger partial charge >= 0.3 is 0 Å². The lowest BCUT2D eigenvalue weighted by Crippen LogP contribution is -2.37. The Kier molecular flexibility index (Phi) is 4.97. The molecule has 0 radical (unpaired) electrons. The Morgan fingerprint density at radius 1 is 1.50 bits per heavy atom. The number of hydrogen-bond donors (Lipinski definition) is 2. The molecule has 1 aliphatic rings. The quantitative estimate of drug-likeness (QED) is 0.799. The first-order valence-electron chi connectivity index (χ1n) is 5.13. The SMILES string of the molecule is Cc1nc(C)c(CNC2=NCC(C)N2)s1.I. The van der Waals surface area contributed by atoms with Gasteiger partial charge in [0.05, 0.1) is 23.8 Å². The fraction of sp³-hybridized carbons (Fsp3) is 0.600. The summed E-state index contributed by atoms with van der Waals surface area (Å²) >= 11 is 1.74. The van der Waals surface area contributed by atoms with Gasteiger partial charge in [0.1, 0.15) is 0 Å². The molecular formula is C10H17IN4S. The van der Waals surface area contributed by atoms with Gasteiger partial charge in [0.25, 0.3) is 0 Å². The van der Waals surface area contributed by atoms with Crippen molar-refractivity contribution in [2.24, 2.45) is 4.99 Å². The third kappa shape index (κ3) is 3.31. The highest BCUT2D eigenvalue weighted by Crippen LogP contribution is 2.16. The van der Waals surface area contributed by atoms with Crippen LogP contribution in [0.5, 0.6) is 0 Å². The minimum atomic E-state index is 0. The summed E-state index contributed by atoms with van der Waals surface area (Å²) in [5, 5.41) is 7.69. The van der Waals surface area contributed by atoms with Crippen LogP contribution in [0.3, 0.4) is 0 Å². The molecule has 1 aromatic heterocycles. The molecular weight excluding hydrogens is 335 g/mol. The van der Waals surface area contributed by atoms with E-state index in [4.69, 9.17) is 0 Å². The van der Waals surface area contributed by atoms with Crippen LogP contribution in [0.4, 0.5) is 0 Å². The van der Waals surface area contributed by atoms with Gasteiger partial charge in [-0.1, -0.05) is 0 Å². The summed E-state index contributed by atoms with van der Waals surface area (Å²) in [6.45, 7) is 7.89. The Hall–Kier alpha value is -0.370. The molecule has 2 rings (SSSR count). The monoisotopic (exact) mass is 352 g/mol. The molecule has 4 nitrogen and oxygen atoms in total. The van der Waals surface area contributed by atoms with Crippen molar-refractivity contribution in [2.45, 2.75) is 33.4 Å². The van der Waals surface area contributed by atoms with Crippen LogP contribution in [0, 0.1) is 13.8 Å². The first kappa shape index (κ1) is 13.7. The number of hydrogen-bond acceptors (Lipinski definition) is 5. The molecule has 1 aromatic rings. The van der Waals surface area contributed by atoms with Crippen molar-refractivity contribution in [3.8, 4) is 0 Å². The number of rotatable bonds is 2. The number of halogens is 1. The Morgan fingerprint density at radius 3 is 2.75 bits per heavy atom. The maximum Gasteiger partial charge on any atom is 0.191 e. The van der Waals surface area contributed by atoms with E-state index in [1.165, 1.54) is 4.88 Å².